The summed E-state index contributed by atoms with van der Waals surface area (Å²) in [6.45, 7) is 1.77. The first-order valence-corrected chi connectivity index (χ1v) is 8.31. The van der Waals surface area contributed by atoms with E-state index in [1.807, 2.05) is 30.3 Å². The summed E-state index contributed by atoms with van der Waals surface area (Å²) in [6.07, 6.45) is 4.27. The molecule has 0 aliphatic carbocycles. The Balaban J connectivity index is 1.61. The normalized spacial score (nSPS) is 16.3. The fourth-order valence-electron chi connectivity index (χ4n) is 2.96. The van der Waals surface area contributed by atoms with Crippen LogP contribution in [0.4, 0.5) is 0 Å². The fourth-order valence-corrected chi connectivity index (χ4v) is 2.96. The molecule has 1 aromatic carbocycles. The molecular weight excluding hydrogens is 320 g/mol. The van der Waals surface area contributed by atoms with Crippen LogP contribution in [-0.4, -0.2) is 41.4 Å². The van der Waals surface area contributed by atoms with Gasteiger partial charge in [0, 0.05) is 26.0 Å². The molecule has 1 aliphatic rings. The molecule has 3 rings (SSSR count). The number of hydrogen-bond donors (Lipinski definition) is 2. The summed E-state index contributed by atoms with van der Waals surface area (Å²) < 4.78 is 7.00. The van der Waals surface area contributed by atoms with Crippen molar-refractivity contribution in [3.05, 3.63) is 53.9 Å². The number of carbonyl (C=O) groups excluding carboxylic acids is 2. The van der Waals surface area contributed by atoms with Gasteiger partial charge >= 0.3 is 0 Å². The largest absolute Gasteiger partial charge is 0.381 e. The van der Waals surface area contributed by atoms with Crippen LogP contribution in [0.25, 0.3) is 0 Å². The summed E-state index contributed by atoms with van der Waals surface area (Å²) in [5, 5.41) is 7.04. The van der Waals surface area contributed by atoms with Gasteiger partial charge in [-0.3, -0.25) is 14.3 Å². The molecule has 0 spiro atoms. The average Bonchev–Trinajstić information content (AvgIpc) is 3.10. The van der Waals surface area contributed by atoms with E-state index in [2.05, 4.69) is 10.4 Å². The highest BCUT2D eigenvalue weighted by Crippen LogP contribution is 2.29. The minimum atomic E-state index is -0.728. The zero-order chi connectivity index (χ0) is 17.7. The number of rotatable bonds is 6. The number of ether oxygens (including phenoxy) is 1. The Kier molecular flexibility index (Phi) is 5.14. The number of carbonyl (C=O) groups is 2. The van der Waals surface area contributed by atoms with Gasteiger partial charge in [-0.05, 0) is 18.4 Å². The molecule has 0 radical (unpaired) electrons. The summed E-state index contributed by atoms with van der Waals surface area (Å²) in [5.74, 6) is -0.651. The quantitative estimate of drug-likeness (QED) is 0.816. The average molecular weight is 342 g/mol. The molecule has 1 aliphatic heterocycles. The third-order valence-electron chi connectivity index (χ3n) is 4.64. The number of amides is 2. The van der Waals surface area contributed by atoms with E-state index in [0.29, 0.717) is 38.2 Å². The lowest BCUT2D eigenvalue weighted by Gasteiger charge is -2.34. The van der Waals surface area contributed by atoms with E-state index >= 15 is 0 Å². The molecule has 0 atom stereocenters. The predicted molar refractivity (Wildman–Crippen MR) is 91.8 cm³/mol. The molecule has 132 valence electrons. The van der Waals surface area contributed by atoms with E-state index < -0.39 is 11.3 Å². The second-order valence-corrected chi connectivity index (χ2v) is 6.35. The van der Waals surface area contributed by atoms with Crippen molar-refractivity contribution in [2.24, 2.45) is 11.1 Å². The third kappa shape index (κ3) is 4.06. The van der Waals surface area contributed by atoms with Crippen molar-refractivity contribution < 1.29 is 14.3 Å². The van der Waals surface area contributed by atoms with Crippen LogP contribution in [0.1, 0.15) is 28.8 Å². The molecular formula is C18H22N4O3. The van der Waals surface area contributed by atoms with Crippen molar-refractivity contribution >= 4 is 11.8 Å². The molecule has 0 unspecified atom stereocenters. The lowest BCUT2D eigenvalue weighted by molar-refractivity contribution is -0.132. The second-order valence-electron chi connectivity index (χ2n) is 6.35. The first kappa shape index (κ1) is 17.2. The van der Waals surface area contributed by atoms with Crippen molar-refractivity contribution in [1.29, 1.82) is 0 Å². The van der Waals surface area contributed by atoms with Crippen molar-refractivity contribution in [2.75, 3.05) is 19.8 Å². The first-order valence-electron chi connectivity index (χ1n) is 8.31. The molecule has 0 saturated carbocycles. The van der Waals surface area contributed by atoms with Gasteiger partial charge in [-0.25, -0.2) is 0 Å². The fraction of sp³-hybridized carbons (Fsp3) is 0.389. The summed E-state index contributed by atoms with van der Waals surface area (Å²) in [6, 6.07) is 9.88. The zero-order valence-corrected chi connectivity index (χ0v) is 14.0. The number of nitrogens with two attached hydrogens (primary N) is 1. The zero-order valence-electron chi connectivity index (χ0n) is 14.0. The SMILES string of the molecule is NC(=O)C1(CNC(=O)c2cnn(Cc3ccccc3)c2)CCOCC1. The summed E-state index contributed by atoms with van der Waals surface area (Å²) in [7, 11) is 0. The van der Waals surface area contributed by atoms with Gasteiger partial charge in [-0.2, -0.15) is 5.10 Å². The molecule has 0 bridgehead atoms. The van der Waals surface area contributed by atoms with Gasteiger partial charge in [0.1, 0.15) is 0 Å². The van der Waals surface area contributed by atoms with Gasteiger partial charge in [0.15, 0.2) is 0 Å². The van der Waals surface area contributed by atoms with Crippen LogP contribution < -0.4 is 11.1 Å². The molecule has 25 heavy (non-hydrogen) atoms. The minimum absolute atomic E-state index is 0.217. The third-order valence-corrected chi connectivity index (χ3v) is 4.64. The Bertz CT molecular complexity index is 736. The molecule has 7 heteroatoms. The summed E-state index contributed by atoms with van der Waals surface area (Å²) in [4.78, 5) is 24.2. The van der Waals surface area contributed by atoms with Crippen molar-refractivity contribution in [1.82, 2.24) is 15.1 Å². The number of hydrogen-bond acceptors (Lipinski definition) is 4. The Morgan fingerprint density at radius 1 is 1.24 bits per heavy atom. The van der Waals surface area contributed by atoms with Crippen molar-refractivity contribution in [3.63, 3.8) is 0 Å². The summed E-state index contributed by atoms with van der Waals surface area (Å²) >= 11 is 0. The Hall–Kier alpha value is -2.67. The smallest absolute Gasteiger partial charge is 0.254 e. The van der Waals surface area contributed by atoms with Crippen molar-refractivity contribution in [3.8, 4) is 0 Å². The highest BCUT2D eigenvalue weighted by atomic mass is 16.5. The highest BCUT2D eigenvalue weighted by molar-refractivity contribution is 5.94. The molecule has 1 saturated heterocycles. The lowest BCUT2D eigenvalue weighted by atomic mass is 9.79. The minimum Gasteiger partial charge on any atom is -0.381 e. The molecule has 1 aromatic heterocycles. The van der Waals surface area contributed by atoms with Gasteiger partial charge in [-0.15, -0.1) is 0 Å². The van der Waals surface area contributed by atoms with E-state index in [1.165, 1.54) is 6.20 Å². The van der Waals surface area contributed by atoms with Crippen LogP contribution in [0, 0.1) is 5.41 Å². The number of nitrogens with one attached hydrogen (secondary N) is 1. The molecule has 7 nitrogen and oxygen atoms in total. The van der Waals surface area contributed by atoms with E-state index in [0.717, 1.165) is 5.56 Å². The molecule has 2 aromatic rings. The predicted octanol–water partition coefficient (Wildman–Crippen LogP) is 0.943. The van der Waals surface area contributed by atoms with Gasteiger partial charge in [0.25, 0.3) is 5.91 Å². The van der Waals surface area contributed by atoms with Crippen LogP contribution in [0.5, 0.6) is 0 Å². The second kappa shape index (κ2) is 7.48. The molecule has 3 N–H and O–H groups in total. The maximum absolute atomic E-state index is 12.4. The number of aromatic nitrogens is 2. The number of benzene rings is 1. The highest BCUT2D eigenvalue weighted by Gasteiger charge is 2.38. The monoisotopic (exact) mass is 342 g/mol. The standard InChI is InChI=1S/C18H22N4O3/c19-17(24)18(6-8-25-9-7-18)13-20-16(23)15-10-21-22(12-15)11-14-4-2-1-3-5-14/h1-5,10,12H,6-9,11,13H2,(H2,19,24)(H,20,23). The maximum atomic E-state index is 12.4. The number of nitrogens with zero attached hydrogens (tertiary/aromatic N) is 2. The van der Waals surface area contributed by atoms with Crippen molar-refractivity contribution in [2.45, 2.75) is 19.4 Å². The van der Waals surface area contributed by atoms with Gasteiger partial charge in [-0.1, -0.05) is 30.3 Å². The molecule has 2 heterocycles. The lowest BCUT2D eigenvalue weighted by Crippen LogP contribution is -2.49. The van der Waals surface area contributed by atoms with E-state index in [9.17, 15) is 9.59 Å². The Labute approximate surface area is 146 Å². The van der Waals surface area contributed by atoms with E-state index in [-0.39, 0.29) is 12.5 Å². The van der Waals surface area contributed by atoms with Gasteiger partial charge in [0.2, 0.25) is 5.91 Å². The van der Waals surface area contributed by atoms with Gasteiger partial charge in [0.05, 0.1) is 23.7 Å². The van der Waals surface area contributed by atoms with E-state index in [4.69, 9.17) is 10.5 Å². The maximum Gasteiger partial charge on any atom is 0.254 e. The number of primary amides is 1. The topological polar surface area (TPSA) is 99.2 Å². The van der Waals surface area contributed by atoms with Crippen LogP contribution in [0.3, 0.4) is 0 Å². The Morgan fingerprint density at radius 3 is 2.64 bits per heavy atom. The Morgan fingerprint density at radius 2 is 1.96 bits per heavy atom. The molecule has 2 amide bonds. The van der Waals surface area contributed by atoms with Gasteiger partial charge < -0.3 is 15.8 Å². The van der Waals surface area contributed by atoms with Crippen LogP contribution in [0.2, 0.25) is 0 Å². The molecule has 1 fully saturated rings. The summed E-state index contributed by atoms with van der Waals surface area (Å²) in [5.41, 5.74) is 6.39. The van der Waals surface area contributed by atoms with Crippen LogP contribution >= 0.6 is 0 Å². The first-order chi connectivity index (χ1) is 12.1. The van der Waals surface area contributed by atoms with E-state index in [1.54, 1.807) is 10.9 Å². The van der Waals surface area contributed by atoms with Crippen LogP contribution in [0.15, 0.2) is 42.7 Å². The van der Waals surface area contributed by atoms with Crippen LogP contribution in [-0.2, 0) is 16.1 Å².